The van der Waals surface area contributed by atoms with E-state index in [0.29, 0.717) is 34.7 Å². The number of halogens is 1. The molecule has 0 radical (unpaired) electrons. The highest BCUT2D eigenvalue weighted by molar-refractivity contribution is 7.12. The van der Waals surface area contributed by atoms with Crippen LogP contribution in [0.25, 0.3) is 0 Å². The van der Waals surface area contributed by atoms with Crippen molar-refractivity contribution in [2.75, 3.05) is 159 Å². The van der Waals surface area contributed by atoms with Crippen molar-refractivity contribution in [2.45, 2.75) is 122 Å². The number of benzene rings is 2. The molecular formula is C86H111FN14O24S. The van der Waals surface area contributed by atoms with Gasteiger partial charge in [0.25, 0.3) is 11.8 Å². The summed E-state index contributed by atoms with van der Waals surface area (Å²) in [6.45, 7) is 0.616. The normalized spacial score (nSPS) is 21.6. The number of aliphatic hydroxyl groups is 2. The molecule has 3 heterocycles. The van der Waals surface area contributed by atoms with Gasteiger partial charge in [-0.3, -0.25) is 86.3 Å². The van der Waals surface area contributed by atoms with Crippen molar-refractivity contribution in [3.63, 3.8) is 0 Å². The number of ether oxygens (including phenoxy) is 3. The summed E-state index contributed by atoms with van der Waals surface area (Å²) in [6.07, 6.45) is 6.34. The number of hydrogen-bond acceptors (Lipinski definition) is 24. The lowest BCUT2D eigenvalue weighted by Crippen LogP contribution is -2.63. The number of carbonyl (C=O) groups excluding carboxylic acids is 17. The summed E-state index contributed by atoms with van der Waals surface area (Å²) in [5, 5.41) is 39.5. The van der Waals surface area contributed by atoms with E-state index in [2.05, 4.69) is 22.9 Å². The number of carboxylic acid groups (broad SMARTS) is 1. The summed E-state index contributed by atoms with van der Waals surface area (Å²) in [5.41, 5.74) is -1.03. The summed E-state index contributed by atoms with van der Waals surface area (Å²) in [7, 11) is 12.9. The number of fused-ring (bicyclic) bond motifs is 7. The molecule has 126 heavy (non-hydrogen) atoms. The van der Waals surface area contributed by atoms with Gasteiger partial charge in [-0.15, -0.1) is 11.3 Å². The molecule has 0 spiro atoms. The Labute approximate surface area is 731 Å². The van der Waals surface area contributed by atoms with Crippen molar-refractivity contribution >= 4 is 129 Å². The number of aliphatic hydroxyl groups excluding tert-OH is 2. The number of ketones is 2. The van der Waals surface area contributed by atoms with E-state index in [1.165, 1.54) is 102 Å². The Morgan fingerprint density at radius 1 is 0.619 bits per heavy atom. The minimum atomic E-state index is -1.52. The van der Waals surface area contributed by atoms with Crippen LogP contribution in [0.4, 0.5) is 15.8 Å². The van der Waals surface area contributed by atoms with Gasteiger partial charge in [0.15, 0.2) is 35.0 Å². The number of rotatable bonds is 39. The van der Waals surface area contributed by atoms with Gasteiger partial charge in [-0.1, -0.05) is 43.7 Å². The van der Waals surface area contributed by atoms with Crippen molar-refractivity contribution in [1.82, 2.24) is 59.6 Å². The molecule has 6 N–H and O–H groups in total. The highest BCUT2D eigenvalue weighted by Gasteiger charge is 2.76. The van der Waals surface area contributed by atoms with Crippen molar-refractivity contribution < 1.29 is 120 Å². The number of anilines is 2. The smallest absolute Gasteiger partial charge is 0.323 e. The predicted molar refractivity (Wildman–Crippen MR) is 449 cm³/mol. The van der Waals surface area contributed by atoms with Gasteiger partial charge in [0, 0.05) is 129 Å². The molecule has 3 aromatic rings. The molecule has 38 nitrogen and oxygen atoms in total. The Kier molecular flexibility index (Phi) is 32.1. The molecule has 9 rings (SSSR count). The zero-order valence-electron chi connectivity index (χ0n) is 73.1. The number of amides is 15. The number of likely N-dealkylation sites (N-methyl/N-ethyl adjacent to an activating group) is 10. The number of hydrogen-bond donors (Lipinski definition) is 6. The van der Waals surface area contributed by atoms with Crippen molar-refractivity contribution in [3.8, 4) is 5.75 Å². The van der Waals surface area contributed by atoms with Crippen LogP contribution in [-0.2, 0) is 109 Å². The molecule has 2 aromatic carbocycles. The number of thiophene rings is 1. The first-order chi connectivity index (χ1) is 59.2. The van der Waals surface area contributed by atoms with Crippen LogP contribution in [0.5, 0.6) is 5.75 Å². The van der Waals surface area contributed by atoms with Crippen LogP contribution in [0, 0.1) is 34.4 Å². The standard InChI is InChI=1S/C86H111FN14O24S/c1-49(81(121)89-50(2)82(122)90-54-18-15-17-51(33-54)34-56-23-26-61(126-56)83-124-63-36-58-57-24-22-53-35-55(103)30-31-84(53,3)78(57)60(104)37-85(58,4)86(63,125-83)62(105)48-102)88-64(106)27-21-52-20-25-59(101-66(108)28-29-67(101)109)79(87)80(52)123-32-16-19-65(107)91(5)38-68(110)92(6)39-69(111)93(7)40-70(112)94(8)41-71(113)95(9)42-72(114)96(10)43-73(115)97(11)44-74(116)98(12)45-75(117)99(13)46-76(118)100(14)47-77(119)120/h15,17-18,20,23,25-26,28-31,33,35,49-50,57-58,60,63,78,83,102,104H,16,19,21-22,24,27,32,34,36-48H2,1-14H3,(H,88,106)(H,89,121)(H,90,122)(H,119,120)/t49-,50-,57-,58-,60-,63+,78+,83+,84-,85-,86+/m0/s1. The van der Waals surface area contributed by atoms with Gasteiger partial charge in [0.1, 0.15) is 25.2 Å². The van der Waals surface area contributed by atoms with E-state index >= 15 is 4.39 Å². The number of carboxylic acids is 1. The maximum atomic E-state index is 16.6. The van der Waals surface area contributed by atoms with E-state index in [-0.39, 0.29) is 67.8 Å². The first kappa shape index (κ1) is 97.8. The summed E-state index contributed by atoms with van der Waals surface area (Å²) < 4.78 is 35.9. The fraction of sp³-hybridized carbons (Fsp3) is 0.535. The number of allylic oxidation sites excluding steroid dienone is 4. The van der Waals surface area contributed by atoms with E-state index in [4.69, 9.17) is 19.3 Å². The third-order valence-corrected chi connectivity index (χ3v) is 25.5. The Morgan fingerprint density at radius 2 is 1.11 bits per heavy atom. The highest BCUT2D eigenvalue weighted by Crippen LogP contribution is 2.71. The highest BCUT2D eigenvalue weighted by atomic mass is 32.1. The summed E-state index contributed by atoms with van der Waals surface area (Å²) in [6, 6.07) is 11.1. The first-order valence-electron chi connectivity index (χ1n) is 41.0. The second kappa shape index (κ2) is 41.4. The van der Waals surface area contributed by atoms with Crippen molar-refractivity contribution in [2.24, 2.45) is 28.6 Å². The van der Waals surface area contributed by atoms with Gasteiger partial charge in [0.05, 0.1) is 88.3 Å². The lowest BCUT2D eigenvalue weighted by Gasteiger charge is -2.59. The van der Waals surface area contributed by atoms with Gasteiger partial charge in [-0.2, -0.15) is 0 Å². The van der Waals surface area contributed by atoms with Crippen LogP contribution < -0.4 is 25.6 Å². The molecule has 11 atom stereocenters. The van der Waals surface area contributed by atoms with Gasteiger partial charge < -0.3 is 94.5 Å². The van der Waals surface area contributed by atoms with Crippen molar-refractivity contribution in [1.29, 1.82) is 0 Å². The van der Waals surface area contributed by atoms with E-state index < -0.39 is 237 Å². The number of aliphatic carboxylic acids is 1. The maximum absolute atomic E-state index is 16.6. The second-order valence-electron chi connectivity index (χ2n) is 33.6. The molecule has 15 amide bonds. The number of imide groups is 1. The van der Waals surface area contributed by atoms with Crippen LogP contribution in [0.3, 0.4) is 0 Å². The molecule has 3 saturated carbocycles. The fourth-order valence-electron chi connectivity index (χ4n) is 17.0. The number of aryl methyl sites for hydroxylation is 1. The van der Waals surface area contributed by atoms with Crippen molar-refractivity contribution in [3.05, 3.63) is 111 Å². The average molecular weight is 1780 g/mol. The summed E-state index contributed by atoms with van der Waals surface area (Å²) in [5.74, 6) is -14.0. The number of Topliss-reactive ketones (excluding diaryl/α,β-unsaturated/α-hetero) is 1. The minimum absolute atomic E-state index is 0.000689. The van der Waals surface area contributed by atoms with Crippen LogP contribution in [0.2, 0.25) is 0 Å². The van der Waals surface area contributed by atoms with E-state index in [9.17, 15) is 96.5 Å². The van der Waals surface area contributed by atoms with Gasteiger partial charge in [0.2, 0.25) is 76.8 Å². The Hall–Kier alpha value is -12.0. The topological polar surface area (TPSA) is 467 Å². The first-order valence-corrected chi connectivity index (χ1v) is 41.8. The molecule has 6 aliphatic rings. The maximum Gasteiger partial charge on any atom is 0.323 e. The Balaban J connectivity index is 0.676. The predicted octanol–water partition coefficient (Wildman–Crippen LogP) is -0.0815. The molecule has 0 unspecified atom stereocenters. The zero-order chi connectivity index (χ0) is 93.0. The Bertz CT molecular complexity index is 4880. The number of nitrogens with one attached hydrogen (secondary N) is 3. The molecule has 4 fully saturated rings. The molecule has 4 aliphatic carbocycles. The lowest BCUT2D eigenvalue weighted by atomic mass is 9.46. The summed E-state index contributed by atoms with van der Waals surface area (Å²) >= 11 is 1.42. The molecule has 1 aromatic heterocycles. The van der Waals surface area contributed by atoms with E-state index in [0.717, 1.165) is 89.7 Å². The molecule has 2 aliphatic heterocycles. The minimum Gasteiger partial charge on any atom is -0.490 e. The molecule has 0 bridgehead atoms. The second-order valence-corrected chi connectivity index (χ2v) is 34.8. The lowest BCUT2D eigenvalue weighted by molar-refractivity contribution is -0.200. The fourth-order valence-corrected chi connectivity index (χ4v) is 18.0. The van der Waals surface area contributed by atoms with E-state index in [1.54, 1.807) is 30.4 Å². The molecule has 40 heteroatoms. The van der Waals surface area contributed by atoms with Crippen LogP contribution in [0.15, 0.2) is 84.5 Å². The summed E-state index contributed by atoms with van der Waals surface area (Å²) in [4.78, 5) is 246. The average Bonchev–Trinajstić information content (AvgIpc) is 1.45. The Morgan fingerprint density at radius 3 is 1.61 bits per heavy atom. The quantitative estimate of drug-likeness (QED) is 0.0321. The van der Waals surface area contributed by atoms with Crippen LogP contribution in [-0.4, -0.2) is 349 Å². The molecule has 682 valence electrons. The SMILES string of the molecule is C[C@H](NC(=O)CCc1ccc(N2C(=O)C=CC2=O)c(F)c1OCCCC(=O)N(C)CC(=O)N(C)CC(=O)N(C)CC(=O)N(C)CC(=O)N(C)CC(=O)N(C)CC(=O)N(C)CC(=O)N(C)CC(=O)N(C)CC(=O)N(C)CC(=O)O)C(=O)N[C@@H](C)C(=O)Nc1cccc(Cc2ccc([C@@H]3O[C@@H]4C[C@H]5[C@@H]6CCC7=CC(=O)C=C[C@]7(C)[C@H]6[C@@H](O)C[C@]5(C)[C@]4(C(=O)CO)O3)s2)c1. The monoisotopic (exact) mass is 1770 g/mol. The number of carbonyl (C=O) groups is 18. The van der Waals surface area contributed by atoms with Crippen LogP contribution in [0.1, 0.15) is 99.8 Å². The van der Waals surface area contributed by atoms with Gasteiger partial charge in [-0.25, -0.2) is 9.29 Å². The van der Waals surface area contributed by atoms with E-state index in [1.807, 2.05) is 31.2 Å². The molecule has 1 saturated heterocycles. The van der Waals surface area contributed by atoms with Gasteiger partial charge >= 0.3 is 5.97 Å². The van der Waals surface area contributed by atoms with Crippen LogP contribution >= 0.6 is 11.3 Å². The molecular weight excluding hydrogens is 1660 g/mol. The number of nitrogens with zero attached hydrogens (tertiary/aromatic N) is 11. The zero-order valence-corrected chi connectivity index (χ0v) is 73.9. The third-order valence-electron chi connectivity index (χ3n) is 24.4. The van der Waals surface area contributed by atoms with Gasteiger partial charge in [-0.05, 0) is 118 Å². The third kappa shape index (κ3) is 22.6. The largest absolute Gasteiger partial charge is 0.490 e.